The Morgan fingerprint density at radius 1 is 1.45 bits per heavy atom. The Balaban J connectivity index is 2.05. The second kappa shape index (κ2) is 5.79. The minimum absolute atomic E-state index is 0.181. The molecule has 1 aliphatic carbocycles. The Labute approximate surface area is 136 Å². The number of imidazole rings is 1. The first-order chi connectivity index (χ1) is 9.60. The lowest BCUT2D eigenvalue weighted by Crippen LogP contribution is -2.15. The molecule has 1 aromatic heterocycles. The molecule has 0 aliphatic heterocycles. The van der Waals surface area contributed by atoms with Crippen LogP contribution in [0.2, 0.25) is 0 Å². The van der Waals surface area contributed by atoms with Crippen LogP contribution in [0, 0.1) is 21.2 Å². The normalized spacial score (nSPS) is 22.8. The zero-order chi connectivity index (χ0) is 14.3. The summed E-state index contributed by atoms with van der Waals surface area (Å²) < 4.78 is 16.6. The standard InChI is InChI=1S/C15H17ClFIN2/c1-9-3-2-4-10(9)8-20-14-5-11(17)12(18)6-13(14)19-15(20)7-16/h5-6,9-10H,2-4,7-8H2,1H3. The lowest BCUT2D eigenvalue weighted by molar-refractivity contribution is 0.364. The molecule has 1 aromatic carbocycles. The van der Waals surface area contributed by atoms with Crippen molar-refractivity contribution < 1.29 is 4.39 Å². The molecule has 0 N–H and O–H groups in total. The van der Waals surface area contributed by atoms with Crippen LogP contribution in [-0.2, 0) is 12.4 Å². The van der Waals surface area contributed by atoms with E-state index >= 15 is 0 Å². The minimum atomic E-state index is -0.181. The molecule has 1 heterocycles. The van der Waals surface area contributed by atoms with Gasteiger partial charge in [-0.25, -0.2) is 9.37 Å². The molecule has 3 rings (SSSR count). The van der Waals surface area contributed by atoms with E-state index in [4.69, 9.17) is 11.6 Å². The van der Waals surface area contributed by atoms with Crippen molar-refractivity contribution in [2.75, 3.05) is 0 Å². The van der Waals surface area contributed by atoms with Gasteiger partial charge in [0.25, 0.3) is 0 Å². The maximum absolute atomic E-state index is 13.9. The van der Waals surface area contributed by atoms with Gasteiger partial charge in [0.15, 0.2) is 0 Å². The monoisotopic (exact) mass is 406 g/mol. The van der Waals surface area contributed by atoms with E-state index in [1.807, 2.05) is 22.6 Å². The van der Waals surface area contributed by atoms with Gasteiger partial charge in [0.1, 0.15) is 11.6 Å². The van der Waals surface area contributed by atoms with Crippen LogP contribution in [0.15, 0.2) is 12.1 Å². The van der Waals surface area contributed by atoms with E-state index < -0.39 is 0 Å². The van der Waals surface area contributed by atoms with Gasteiger partial charge < -0.3 is 4.57 Å². The second-order valence-corrected chi connectivity index (χ2v) is 7.13. The van der Waals surface area contributed by atoms with Crippen LogP contribution in [0.4, 0.5) is 4.39 Å². The average Bonchev–Trinajstić information content (AvgIpc) is 2.96. The van der Waals surface area contributed by atoms with Gasteiger partial charge in [-0.2, -0.15) is 0 Å². The molecule has 2 nitrogen and oxygen atoms in total. The summed E-state index contributed by atoms with van der Waals surface area (Å²) in [4.78, 5) is 4.56. The van der Waals surface area contributed by atoms with Gasteiger partial charge >= 0.3 is 0 Å². The highest BCUT2D eigenvalue weighted by Gasteiger charge is 2.25. The summed E-state index contributed by atoms with van der Waals surface area (Å²) in [5.41, 5.74) is 1.72. The van der Waals surface area contributed by atoms with Crippen molar-refractivity contribution in [2.24, 2.45) is 11.8 Å². The van der Waals surface area contributed by atoms with E-state index in [0.717, 1.165) is 29.3 Å². The third-order valence-electron chi connectivity index (χ3n) is 4.45. The first kappa shape index (κ1) is 14.6. The summed E-state index contributed by atoms with van der Waals surface area (Å²) in [6.45, 7) is 3.21. The van der Waals surface area contributed by atoms with Crippen molar-refractivity contribution in [1.29, 1.82) is 0 Å². The molecule has 0 amide bonds. The highest BCUT2D eigenvalue weighted by molar-refractivity contribution is 14.1. The molecule has 0 saturated heterocycles. The van der Waals surface area contributed by atoms with Crippen molar-refractivity contribution in [3.63, 3.8) is 0 Å². The van der Waals surface area contributed by atoms with E-state index in [-0.39, 0.29) is 5.82 Å². The van der Waals surface area contributed by atoms with Gasteiger partial charge in [-0.05, 0) is 46.9 Å². The van der Waals surface area contributed by atoms with Crippen molar-refractivity contribution in [1.82, 2.24) is 9.55 Å². The summed E-state index contributed by atoms with van der Waals surface area (Å²) in [7, 11) is 0. The molecule has 0 bridgehead atoms. The molecule has 20 heavy (non-hydrogen) atoms. The number of halogens is 3. The summed E-state index contributed by atoms with van der Waals surface area (Å²) in [5.74, 6) is 2.41. The quantitative estimate of drug-likeness (QED) is 0.521. The van der Waals surface area contributed by atoms with E-state index in [2.05, 4.69) is 16.5 Å². The molecule has 0 spiro atoms. The number of aromatic nitrogens is 2. The fraction of sp³-hybridized carbons (Fsp3) is 0.533. The Hall–Kier alpha value is -0.360. The largest absolute Gasteiger partial charge is 0.327 e. The van der Waals surface area contributed by atoms with Gasteiger partial charge in [0.05, 0.1) is 20.5 Å². The third-order valence-corrected chi connectivity index (χ3v) is 5.51. The molecule has 1 fully saturated rings. The summed E-state index contributed by atoms with van der Waals surface area (Å²) >= 11 is 8.03. The van der Waals surface area contributed by atoms with Crippen LogP contribution in [0.25, 0.3) is 11.0 Å². The number of hydrogen-bond donors (Lipinski definition) is 0. The first-order valence-electron chi connectivity index (χ1n) is 7.00. The van der Waals surface area contributed by atoms with Crippen LogP contribution in [0.5, 0.6) is 0 Å². The van der Waals surface area contributed by atoms with Crippen LogP contribution in [-0.4, -0.2) is 9.55 Å². The maximum atomic E-state index is 13.9. The molecule has 2 aromatic rings. The van der Waals surface area contributed by atoms with Crippen LogP contribution in [0.3, 0.4) is 0 Å². The highest BCUT2D eigenvalue weighted by Crippen LogP contribution is 2.34. The zero-order valence-electron chi connectivity index (χ0n) is 11.4. The molecular formula is C15H17ClFIN2. The molecule has 1 aliphatic rings. The van der Waals surface area contributed by atoms with Crippen LogP contribution in [0.1, 0.15) is 32.0 Å². The number of alkyl halides is 1. The van der Waals surface area contributed by atoms with E-state index in [1.165, 1.54) is 19.3 Å². The minimum Gasteiger partial charge on any atom is -0.327 e. The second-order valence-electron chi connectivity index (χ2n) is 5.70. The predicted molar refractivity (Wildman–Crippen MR) is 88.5 cm³/mol. The Kier molecular flexibility index (Phi) is 4.22. The molecule has 0 radical (unpaired) electrons. The van der Waals surface area contributed by atoms with Crippen molar-refractivity contribution in [2.45, 2.75) is 38.6 Å². The number of nitrogens with zero attached hydrogens (tertiary/aromatic N) is 2. The Morgan fingerprint density at radius 3 is 2.90 bits per heavy atom. The molecule has 1 saturated carbocycles. The van der Waals surface area contributed by atoms with E-state index in [1.54, 1.807) is 12.1 Å². The van der Waals surface area contributed by atoms with E-state index in [9.17, 15) is 4.39 Å². The summed E-state index contributed by atoms with van der Waals surface area (Å²) in [6.07, 6.45) is 3.83. The summed E-state index contributed by atoms with van der Waals surface area (Å²) in [5, 5.41) is 0. The predicted octanol–water partition coefficient (Wildman–Crippen LogP) is 4.96. The third kappa shape index (κ3) is 2.56. The Bertz CT molecular complexity index is 640. The number of benzene rings is 1. The highest BCUT2D eigenvalue weighted by atomic mass is 127. The maximum Gasteiger partial charge on any atom is 0.138 e. The summed E-state index contributed by atoms with van der Waals surface area (Å²) in [6, 6.07) is 3.40. The van der Waals surface area contributed by atoms with Crippen LogP contribution >= 0.6 is 34.2 Å². The zero-order valence-corrected chi connectivity index (χ0v) is 14.3. The number of hydrogen-bond acceptors (Lipinski definition) is 1. The van der Waals surface area contributed by atoms with Crippen molar-refractivity contribution in [3.05, 3.63) is 27.3 Å². The molecule has 2 atom stereocenters. The van der Waals surface area contributed by atoms with Gasteiger partial charge in [0, 0.05) is 12.6 Å². The van der Waals surface area contributed by atoms with Gasteiger partial charge in [0.2, 0.25) is 0 Å². The lowest BCUT2D eigenvalue weighted by atomic mass is 9.98. The first-order valence-corrected chi connectivity index (χ1v) is 8.61. The average molecular weight is 407 g/mol. The Morgan fingerprint density at radius 2 is 2.25 bits per heavy atom. The van der Waals surface area contributed by atoms with Crippen molar-refractivity contribution in [3.8, 4) is 0 Å². The van der Waals surface area contributed by atoms with Crippen molar-refractivity contribution >= 4 is 45.2 Å². The van der Waals surface area contributed by atoms with Crippen LogP contribution < -0.4 is 0 Å². The molecule has 2 unspecified atom stereocenters. The fourth-order valence-electron chi connectivity index (χ4n) is 3.20. The smallest absolute Gasteiger partial charge is 0.138 e. The van der Waals surface area contributed by atoms with E-state index in [0.29, 0.717) is 15.4 Å². The SMILES string of the molecule is CC1CCCC1Cn1c(CCl)nc2cc(I)c(F)cc21. The molecule has 108 valence electrons. The number of fused-ring (bicyclic) bond motifs is 1. The van der Waals surface area contributed by atoms with Gasteiger partial charge in [-0.15, -0.1) is 11.6 Å². The lowest BCUT2D eigenvalue weighted by Gasteiger charge is -2.18. The molecule has 5 heteroatoms. The topological polar surface area (TPSA) is 17.8 Å². The van der Waals surface area contributed by atoms with Gasteiger partial charge in [-0.1, -0.05) is 19.8 Å². The fourth-order valence-corrected chi connectivity index (χ4v) is 3.86. The van der Waals surface area contributed by atoms with Gasteiger partial charge in [-0.3, -0.25) is 0 Å². The molecular weight excluding hydrogens is 390 g/mol. The number of rotatable bonds is 3.